The van der Waals surface area contributed by atoms with Crippen LogP contribution >= 0.6 is 0 Å². The Morgan fingerprint density at radius 1 is 1.20 bits per heavy atom. The first-order valence-corrected chi connectivity index (χ1v) is 7.99. The SMILES string of the molecule is CC(C)N1CCCC(Cc2nnc3n2CCCC3O)C1. The fourth-order valence-corrected chi connectivity index (χ4v) is 3.55. The number of nitrogens with zero attached hydrogens (tertiary/aromatic N) is 4. The van der Waals surface area contributed by atoms with Crippen LogP contribution in [0, 0.1) is 5.92 Å². The second-order valence-corrected chi connectivity index (χ2v) is 6.59. The summed E-state index contributed by atoms with van der Waals surface area (Å²) in [5.41, 5.74) is 0. The van der Waals surface area contributed by atoms with Crippen LogP contribution in [0.4, 0.5) is 0 Å². The molecular formula is C15H26N4O. The zero-order valence-electron chi connectivity index (χ0n) is 12.6. The molecule has 1 fully saturated rings. The Hall–Kier alpha value is -0.940. The molecule has 0 aromatic carbocycles. The van der Waals surface area contributed by atoms with Crippen LogP contribution in [0.5, 0.6) is 0 Å². The van der Waals surface area contributed by atoms with Gasteiger partial charge in [0, 0.05) is 25.6 Å². The third kappa shape index (κ3) is 2.74. The van der Waals surface area contributed by atoms with E-state index in [-0.39, 0.29) is 0 Å². The predicted molar refractivity (Wildman–Crippen MR) is 77.4 cm³/mol. The summed E-state index contributed by atoms with van der Waals surface area (Å²) < 4.78 is 2.16. The summed E-state index contributed by atoms with van der Waals surface area (Å²) in [6.07, 6.45) is 5.01. The number of fused-ring (bicyclic) bond motifs is 1. The molecule has 2 unspecified atom stereocenters. The van der Waals surface area contributed by atoms with Crippen LogP contribution in [-0.2, 0) is 13.0 Å². The Bertz CT molecular complexity index is 457. The van der Waals surface area contributed by atoms with E-state index >= 15 is 0 Å². The normalized spacial score (nSPS) is 27.8. The molecule has 1 aromatic rings. The Balaban J connectivity index is 1.69. The molecular weight excluding hydrogens is 252 g/mol. The number of aliphatic hydroxyl groups excluding tert-OH is 1. The molecule has 0 aliphatic carbocycles. The Morgan fingerprint density at radius 2 is 2.00 bits per heavy atom. The van der Waals surface area contributed by atoms with Gasteiger partial charge in [0.2, 0.25) is 0 Å². The third-order valence-electron chi connectivity index (χ3n) is 4.77. The van der Waals surface area contributed by atoms with Gasteiger partial charge in [-0.2, -0.15) is 0 Å². The first kappa shape index (κ1) is 14.0. The van der Waals surface area contributed by atoms with Crippen molar-refractivity contribution < 1.29 is 5.11 Å². The molecule has 1 N–H and O–H groups in total. The quantitative estimate of drug-likeness (QED) is 0.915. The first-order chi connectivity index (χ1) is 9.65. The van der Waals surface area contributed by atoms with E-state index in [0.29, 0.717) is 12.0 Å². The Kier molecular flexibility index (Phi) is 4.08. The molecule has 2 aliphatic rings. The number of piperidine rings is 1. The summed E-state index contributed by atoms with van der Waals surface area (Å²) in [5, 5.41) is 18.5. The maximum absolute atomic E-state index is 9.96. The molecule has 3 rings (SSSR count). The summed E-state index contributed by atoms with van der Waals surface area (Å²) in [6.45, 7) is 7.91. The van der Waals surface area contributed by atoms with Crippen molar-refractivity contribution in [3.63, 3.8) is 0 Å². The van der Waals surface area contributed by atoms with Gasteiger partial charge in [0.1, 0.15) is 11.9 Å². The number of aliphatic hydroxyl groups is 1. The highest BCUT2D eigenvalue weighted by atomic mass is 16.3. The van der Waals surface area contributed by atoms with Gasteiger partial charge in [-0.3, -0.25) is 0 Å². The monoisotopic (exact) mass is 278 g/mol. The van der Waals surface area contributed by atoms with Gasteiger partial charge in [0.05, 0.1) is 0 Å². The van der Waals surface area contributed by atoms with Crippen LogP contribution in [0.3, 0.4) is 0 Å². The van der Waals surface area contributed by atoms with E-state index in [9.17, 15) is 5.11 Å². The lowest BCUT2D eigenvalue weighted by Gasteiger charge is -2.35. The molecule has 0 radical (unpaired) electrons. The van der Waals surface area contributed by atoms with E-state index in [2.05, 4.69) is 33.5 Å². The smallest absolute Gasteiger partial charge is 0.161 e. The summed E-state index contributed by atoms with van der Waals surface area (Å²) in [7, 11) is 0. The van der Waals surface area contributed by atoms with E-state index in [1.54, 1.807) is 0 Å². The van der Waals surface area contributed by atoms with Crippen LogP contribution in [0.15, 0.2) is 0 Å². The van der Waals surface area contributed by atoms with E-state index in [4.69, 9.17) is 0 Å². The first-order valence-electron chi connectivity index (χ1n) is 7.99. The van der Waals surface area contributed by atoms with Gasteiger partial charge >= 0.3 is 0 Å². The molecule has 0 amide bonds. The summed E-state index contributed by atoms with van der Waals surface area (Å²) in [4.78, 5) is 2.57. The average molecular weight is 278 g/mol. The summed E-state index contributed by atoms with van der Waals surface area (Å²) in [6, 6.07) is 0.631. The van der Waals surface area contributed by atoms with Crippen LogP contribution in [-0.4, -0.2) is 43.9 Å². The topological polar surface area (TPSA) is 54.2 Å². The van der Waals surface area contributed by atoms with Crippen molar-refractivity contribution in [2.24, 2.45) is 5.92 Å². The highest BCUT2D eigenvalue weighted by molar-refractivity contribution is 5.03. The number of aromatic nitrogens is 3. The molecule has 5 nitrogen and oxygen atoms in total. The molecule has 2 atom stereocenters. The molecule has 112 valence electrons. The van der Waals surface area contributed by atoms with Crippen molar-refractivity contribution in [3.8, 4) is 0 Å². The lowest BCUT2D eigenvalue weighted by molar-refractivity contribution is 0.129. The third-order valence-corrected chi connectivity index (χ3v) is 4.77. The van der Waals surface area contributed by atoms with Crippen LogP contribution in [0.2, 0.25) is 0 Å². The molecule has 3 heterocycles. The molecule has 0 spiro atoms. The van der Waals surface area contributed by atoms with Crippen molar-refractivity contribution in [1.82, 2.24) is 19.7 Å². The van der Waals surface area contributed by atoms with E-state index < -0.39 is 6.10 Å². The van der Waals surface area contributed by atoms with Crippen molar-refractivity contribution in [2.45, 2.75) is 64.6 Å². The zero-order chi connectivity index (χ0) is 14.1. The minimum Gasteiger partial charge on any atom is -0.385 e. The van der Waals surface area contributed by atoms with Crippen molar-refractivity contribution >= 4 is 0 Å². The van der Waals surface area contributed by atoms with Gasteiger partial charge in [0.25, 0.3) is 0 Å². The maximum atomic E-state index is 9.96. The van der Waals surface area contributed by atoms with Gasteiger partial charge in [-0.1, -0.05) is 0 Å². The Labute approximate surface area is 121 Å². The number of rotatable bonds is 3. The van der Waals surface area contributed by atoms with E-state index in [1.807, 2.05) is 0 Å². The van der Waals surface area contributed by atoms with Crippen molar-refractivity contribution in [3.05, 3.63) is 11.6 Å². The van der Waals surface area contributed by atoms with Crippen molar-refractivity contribution in [1.29, 1.82) is 0 Å². The Morgan fingerprint density at radius 3 is 2.80 bits per heavy atom. The van der Waals surface area contributed by atoms with Crippen LogP contribution < -0.4 is 0 Å². The minimum atomic E-state index is -0.413. The van der Waals surface area contributed by atoms with Crippen LogP contribution in [0.25, 0.3) is 0 Å². The largest absolute Gasteiger partial charge is 0.385 e. The fourth-order valence-electron chi connectivity index (χ4n) is 3.55. The molecule has 1 saturated heterocycles. The van der Waals surface area contributed by atoms with Gasteiger partial charge in [-0.05, 0) is 52.0 Å². The predicted octanol–water partition coefficient (Wildman–Crippen LogP) is 1.77. The van der Waals surface area contributed by atoms with E-state index in [0.717, 1.165) is 37.5 Å². The molecule has 5 heteroatoms. The fraction of sp³-hybridized carbons (Fsp3) is 0.867. The van der Waals surface area contributed by atoms with Gasteiger partial charge in [0.15, 0.2) is 5.82 Å². The van der Waals surface area contributed by atoms with Crippen LogP contribution in [0.1, 0.15) is 57.3 Å². The minimum absolute atomic E-state index is 0.413. The lowest BCUT2D eigenvalue weighted by Crippen LogP contribution is -2.40. The number of hydrogen-bond acceptors (Lipinski definition) is 4. The second-order valence-electron chi connectivity index (χ2n) is 6.59. The summed E-state index contributed by atoms with van der Waals surface area (Å²) in [5.74, 6) is 2.54. The van der Waals surface area contributed by atoms with Gasteiger partial charge in [-0.15, -0.1) is 10.2 Å². The molecule has 20 heavy (non-hydrogen) atoms. The standard InChI is InChI=1S/C15H26N4O/c1-11(2)18-7-3-5-12(10-18)9-14-16-17-15-13(20)6-4-8-19(14)15/h11-13,20H,3-10H2,1-2H3. The second kappa shape index (κ2) is 5.82. The number of likely N-dealkylation sites (tertiary alicyclic amines) is 1. The molecule has 0 saturated carbocycles. The van der Waals surface area contributed by atoms with Crippen molar-refractivity contribution in [2.75, 3.05) is 13.1 Å². The maximum Gasteiger partial charge on any atom is 0.161 e. The number of hydrogen-bond donors (Lipinski definition) is 1. The van der Waals surface area contributed by atoms with Gasteiger partial charge < -0.3 is 14.6 Å². The lowest BCUT2D eigenvalue weighted by atomic mass is 9.93. The van der Waals surface area contributed by atoms with Gasteiger partial charge in [-0.25, -0.2) is 0 Å². The molecule has 0 bridgehead atoms. The molecule has 2 aliphatic heterocycles. The molecule has 1 aromatic heterocycles. The van der Waals surface area contributed by atoms with E-state index in [1.165, 1.54) is 25.9 Å². The summed E-state index contributed by atoms with van der Waals surface area (Å²) >= 11 is 0. The highest BCUT2D eigenvalue weighted by Gasteiger charge is 2.27. The average Bonchev–Trinajstić information content (AvgIpc) is 2.84. The zero-order valence-corrected chi connectivity index (χ0v) is 12.6. The highest BCUT2D eigenvalue weighted by Crippen LogP contribution is 2.27.